The van der Waals surface area contributed by atoms with Gasteiger partial charge in [-0.15, -0.1) is 0 Å². The second-order valence-corrected chi connectivity index (χ2v) is 6.05. The predicted octanol–water partition coefficient (Wildman–Crippen LogP) is 1.85. The summed E-state index contributed by atoms with van der Waals surface area (Å²) in [5, 5.41) is 7.03. The van der Waals surface area contributed by atoms with Gasteiger partial charge in [-0.05, 0) is 24.3 Å². The van der Waals surface area contributed by atoms with Crippen molar-refractivity contribution in [3.05, 3.63) is 60.9 Å². The number of aromatic nitrogens is 3. The normalized spacial score (nSPS) is 14.2. The zero-order valence-corrected chi connectivity index (χ0v) is 14.5. The van der Waals surface area contributed by atoms with Gasteiger partial charge in [-0.25, -0.2) is 14.5 Å². The number of hydrogen-bond donors (Lipinski definition) is 1. The van der Waals surface area contributed by atoms with Crippen molar-refractivity contribution in [2.75, 3.05) is 31.5 Å². The largest absolute Gasteiger partial charge is 0.459 e. The zero-order valence-electron chi connectivity index (χ0n) is 14.5. The molecule has 0 spiro atoms. The minimum Gasteiger partial charge on any atom is -0.459 e. The maximum atomic E-state index is 12.5. The van der Waals surface area contributed by atoms with Gasteiger partial charge in [0, 0.05) is 32.4 Å². The summed E-state index contributed by atoms with van der Waals surface area (Å²) < 4.78 is 6.73. The molecule has 3 aromatic rings. The van der Waals surface area contributed by atoms with Crippen LogP contribution in [0.25, 0.3) is 5.82 Å². The lowest BCUT2D eigenvalue weighted by molar-refractivity contribution is 0.0640. The van der Waals surface area contributed by atoms with Gasteiger partial charge >= 0.3 is 6.03 Å². The molecule has 0 radical (unpaired) electrons. The van der Waals surface area contributed by atoms with Gasteiger partial charge in [-0.2, -0.15) is 5.10 Å². The summed E-state index contributed by atoms with van der Waals surface area (Å²) in [7, 11) is 0. The van der Waals surface area contributed by atoms with Crippen molar-refractivity contribution in [3.63, 3.8) is 0 Å². The molecule has 9 heteroatoms. The molecular formula is C18H18N6O3. The van der Waals surface area contributed by atoms with E-state index in [9.17, 15) is 9.59 Å². The highest BCUT2D eigenvalue weighted by Crippen LogP contribution is 2.13. The molecule has 27 heavy (non-hydrogen) atoms. The summed E-state index contributed by atoms with van der Waals surface area (Å²) in [6, 6.07) is 8.62. The maximum absolute atomic E-state index is 12.5. The first kappa shape index (κ1) is 16.8. The second kappa shape index (κ2) is 7.32. The van der Waals surface area contributed by atoms with Crippen molar-refractivity contribution >= 4 is 17.6 Å². The number of urea groups is 1. The van der Waals surface area contributed by atoms with Gasteiger partial charge in [-0.1, -0.05) is 6.07 Å². The first-order valence-electron chi connectivity index (χ1n) is 8.55. The molecule has 3 aromatic heterocycles. The quantitative estimate of drug-likeness (QED) is 0.763. The Morgan fingerprint density at radius 3 is 2.56 bits per heavy atom. The summed E-state index contributed by atoms with van der Waals surface area (Å²) >= 11 is 0. The van der Waals surface area contributed by atoms with Gasteiger partial charge in [0.25, 0.3) is 5.91 Å². The molecule has 9 nitrogen and oxygen atoms in total. The summed E-state index contributed by atoms with van der Waals surface area (Å²) in [4.78, 5) is 32.3. The highest BCUT2D eigenvalue weighted by atomic mass is 16.3. The average molecular weight is 366 g/mol. The van der Waals surface area contributed by atoms with E-state index in [1.165, 1.54) is 6.26 Å². The molecule has 0 unspecified atom stereocenters. The van der Waals surface area contributed by atoms with Crippen LogP contribution in [0.5, 0.6) is 0 Å². The SMILES string of the molecule is O=C(Nc1cnn(-c2ccccn2)c1)N1CCN(C(=O)c2ccco2)CC1. The van der Waals surface area contributed by atoms with Crippen LogP contribution >= 0.6 is 0 Å². The van der Waals surface area contributed by atoms with E-state index in [2.05, 4.69) is 15.4 Å². The lowest BCUT2D eigenvalue weighted by atomic mass is 10.3. The standard InChI is InChI=1S/C18H18N6O3/c25-17(15-4-3-11-27-15)22-7-9-23(10-8-22)18(26)21-14-12-20-24(13-14)16-5-1-2-6-19-16/h1-6,11-13H,7-10H2,(H,21,26). The molecule has 1 aliphatic rings. The molecule has 0 bridgehead atoms. The Bertz CT molecular complexity index is 914. The van der Waals surface area contributed by atoms with Crippen LogP contribution in [0.4, 0.5) is 10.5 Å². The number of furan rings is 1. The summed E-state index contributed by atoms with van der Waals surface area (Å²) in [5.74, 6) is 0.828. The third-order valence-corrected chi connectivity index (χ3v) is 4.30. The molecule has 0 atom stereocenters. The molecule has 3 amide bonds. The van der Waals surface area contributed by atoms with Gasteiger partial charge < -0.3 is 19.5 Å². The topological polar surface area (TPSA) is 96.5 Å². The number of rotatable bonds is 3. The Morgan fingerprint density at radius 1 is 1.04 bits per heavy atom. The number of carbonyl (C=O) groups excluding carboxylic acids is 2. The number of nitrogens with one attached hydrogen (secondary N) is 1. The van der Waals surface area contributed by atoms with E-state index >= 15 is 0 Å². The number of hydrogen-bond acceptors (Lipinski definition) is 5. The lowest BCUT2D eigenvalue weighted by Crippen LogP contribution is -2.51. The van der Waals surface area contributed by atoms with Crippen molar-refractivity contribution in [1.29, 1.82) is 0 Å². The van der Waals surface area contributed by atoms with E-state index in [1.54, 1.807) is 45.2 Å². The van der Waals surface area contributed by atoms with Crippen LogP contribution < -0.4 is 5.32 Å². The predicted molar refractivity (Wildman–Crippen MR) is 96.6 cm³/mol. The Morgan fingerprint density at radius 2 is 1.85 bits per heavy atom. The molecule has 1 aliphatic heterocycles. The number of anilines is 1. The number of piperazine rings is 1. The minimum absolute atomic E-state index is 0.156. The first-order chi connectivity index (χ1) is 13.2. The fourth-order valence-corrected chi connectivity index (χ4v) is 2.87. The Balaban J connectivity index is 1.32. The van der Waals surface area contributed by atoms with E-state index in [4.69, 9.17) is 4.42 Å². The Labute approximate surface area is 155 Å². The van der Waals surface area contributed by atoms with Crippen LogP contribution in [0.15, 0.2) is 59.6 Å². The first-order valence-corrected chi connectivity index (χ1v) is 8.55. The molecule has 0 aliphatic carbocycles. The summed E-state index contributed by atoms with van der Waals surface area (Å²) in [5.41, 5.74) is 0.583. The molecule has 1 saturated heterocycles. The van der Waals surface area contributed by atoms with Crippen LogP contribution in [0.2, 0.25) is 0 Å². The molecule has 1 fully saturated rings. The van der Waals surface area contributed by atoms with Crippen LogP contribution in [0.3, 0.4) is 0 Å². The van der Waals surface area contributed by atoms with Gasteiger partial charge in [0.2, 0.25) is 0 Å². The van der Waals surface area contributed by atoms with Crippen LogP contribution in [0.1, 0.15) is 10.6 Å². The molecule has 4 rings (SSSR count). The van der Waals surface area contributed by atoms with E-state index in [0.29, 0.717) is 43.4 Å². The molecule has 138 valence electrons. The highest BCUT2D eigenvalue weighted by Gasteiger charge is 2.26. The third kappa shape index (κ3) is 3.66. The van der Waals surface area contributed by atoms with Crippen LogP contribution in [-0.2, 0) is 0 Å². The van der Waals surface area contributed by atoms with E-state index in [1.807, 2.05) is 18.2 Å². The monoisotopic (exact) mass is 366 g/mol. The van der Waals surface area contributed by atoms with Crippen LogP contribution in [0, 0.1) is 0 Å². The lowest BCUT2D eigenvalue weighted by Gasteiger charge is -2.34. The second-order valence-electron chi connectivity index (χ2n) is 6.05. The van der Waals surface area contributed by atoms with Gasteiger partial charge in [0.05, 0.1) is 24.3 Å². The fraction of sp³-hybridized carbons (Fsp3) is 0.222. The fourth-order valence-electron chi connectivity index (χ4n) is 2.87. The molecule has 0 saturated carbocycles. The summed E-state index contributed by atoms with van der Waals surface area (Å²) in [6.45, 7) is 1.82. The highest BCUT2D eigenvalue weighted by molar-refractivity contribution is 5.92. The van der Waals surface area contributed by atoms with E-state index < -0.39 is 0 Å². The smallest absolute Gasteiger partial charge is 0.322 e. The van der Waals surface area contributed by atoms with E-state index in [-0.39, 0.29) is 11.9 Å². The number of amides is 3. The average Bonchev–Trinajstić information content (AvgIpc) is 3.40. The molecule has 1 N–H and O–H groups in total. The van der Waals surface area contributed by atoms with Crippen molar-refractivity contribution in [2.45, 2.75) is 0 Å². The van der Waals surface area contributed by atoms with Crippen LogP contribution in [-0.4, -0.2) is 62.7 Å². The van der Waals surface area contributed by atoms with Crippen molar-refractivity contribution in [2.24, 2.45) is 0 Å². The molecular weight excluding hydrogens is 348 g/mol. The van der Waals surface area contributed by atoms with Gasteiger partial charge in [0.15, 0.2) is 11.6 Å². The van der Waals surface area contributed by atoms with Gasteiger partial charge in [-0.3, -0.25) is 4.79 Å². The third-order valence-electron chi connectivity index (χ3n) is 4.30. The number of carbonyl (C=O) groups is 2. The Kier molecular flexibility index (Phi) is 4.56. The van der Waals surface area contributed by atoms with Crippen molar-refractivity contribution in [3.8, 4) is 5.82 Å². The van der Waals surface area contributed by atoms with Crippen molar-refractivity contribution in [1.82, 2.24) is 24.6 Å². The maximum Gasteiger partial charge on any atom is 0.322 e. The number of pyridine rings is 1. The molecule has 0 aromatic carbocycles. The van der Waals surface area contributed by atoms with Gasteiger partial charge in [0.1, 0.15) is 0 Å². The van der Waals surface area contributed by atoms with Crippen molar-refractivity contribution < 1.29 is 14.0 Å². The zero-order chi connectivity index (χ0) is 18.6. The summed E-state index contributed by atoms with van der Waals surface area (Å²) in [6.07, 6.45) is 6.43. The number of nitrogens with zero attached hydrogens (tertiary/aromatic N) is 5. The Hall–Kier alpha value is -3.62. The van der Waals surface area contributed by atoms with E-state index in [0.717, 1.165) is 0 Å². The molecule has 4 heterocycles. The minimum atomic E-state index is -0.222.